The summed E-state index contributed by atoms with van der Waals surface area (Å²) in [4.78, 5) is 11.6. The van der Waals surface area contributed by atoms with Crippen molar-refractivity contribution in [2.45, 2.75) is 39.4 Å². The Morgan fingerprint density at radius 1 is 1.13 bits per heavy atom. The van der Waals surface area contributed by atoms with Gasteiger partial charge < -0.3 is 9.47 Å². The van der Waals surface area contributed by atoms with Gasteiger partial charge >= 0.3 is 0 Å². The molecule has 2 aromatic rings. The number of benzene rings is 2. The van der Waals surface area contributed by atoms with Crippen molar-refractivity contribution in [2.24, 2.45) is 5.18 Å². The minimum Gasteiger partial charge on any atom is -0.496 e. The number of hydrogen-bond donors (Lipinski definition) is 2. The predicted molar refractivity (Wildman–Crippen MR) is 127 cm³/mol. The van der Waals surface area contributed by atoms with Crippen LogP contribution in [0.1, 0.15) is 44.9 Å². The smallest absolute Gasteiger partial charge is 0.133 e. The van der Waals surface area contributed by atoms with Gasteiger partial charge in [-0.2, -0.15) is 0 Å². The first-order chi connectivity index (χ1) is 14.4. The number of thioether (sulfide) groups is 1. The fourth-order valence-corrected chi connectivity index (χ4v) is 4.50. The van der Waals surface area contributed by atoms with Gasteiger partial charge in [0.25, 0.3) is 0 Å². The number of nitrogens with zero attached hydrogens (tertiary/aromatic N) is 1. The van der Waals surface area contributed by atoms with Crippen molar-refractivity contribution in [1.29, 1.82) is 0 Å². The standard InChI is InChI=1S/C23H30N2O4S/c1-14(2)7-10-20(30-12-11-15(3)4)16-13-19(28-5)21-17(24-26)8-9-18(25-27)22(21)23(16)29-6/h7-9,11,13,20,24,26H,10,12H2,1-6H3. The Labute approximate surface area is 182 Å². The summed E-state index contributed by atoms with van der Waals surface area (Å²) >= 11 is 1.80. The molecule has 7 heteroatoms. The van der Waals surface area contributed by atoms with E-state index in [4.69, 9.17) is 9.47 Å². The highest BCUT2D eigenvalue weighted by molar-refractivity contribution is 7.99. The average molecular weight is 431 g/mol. The van der Waals surface area contributed by atoms with Crippen molar-refractivity contribution in [3.05, 3.63) is 52.0 Å². The van der Waals surface area contributed by atoms with Crippen LogP contribution in [-0.2, 0) is 0 Å². The molecule has 162 valence electrons. The maximum Gasteiger partial charge on any atom is 0.133 e. The number of nitrogens with one attached hydrogen (secondary N) is 1. The molecule has 0 aliphatic heterocycles. The van der Waals surface area contributed by atoms with E-state index in [-0.39, 0.29) is 10.9 Å². The normalized spacial score (nSPS) is 11.6. The number of methoxy groups -OCH3 is 2. The van der Waals surface area contributed by atoms with Crippen LogP contribution in [0.15, 0.2) is 46.7 Å². The average Bonchev–Trinajstić information content (AvgIpc) is 2.73. The molecule has 0 aliphatic rings. The lowest BCUT2D eigenvalue weighted by Crippen LogP contribution is -2.03. The number of nitroso groups, excluding NO2 is 1. The summed E-state index contributed by atoms with van der Waals surface area (Å²) in [5.41, 5.74) is 6.25. The summed E-state index contributed by atoms with van der Waals surface area (Å²) < 4.78 is 11.4. The van der Waals surface area contributed by atoms with E-state index in [0.29, 0.717) is 28.0 Å². The van der Waals surface area contributed by atoms with E-state index in [1.807, 2.05) is 6.07 Å². The number of allylic oxidation sites excluding steroid dienone is 3. The SMILES string of the molecule is COc1cc(C(CC=C(C)C)SCC=C(C)C)c(OC)c2c(N=O)ccc(NO)c12. The molecular formula is C23H30N2O4S. The predicted octanol–water partition coefficient (Wildman–Crippen LogP) is 7.15. The molecule has 1 unspecified atom stereocenters. The van der Waals surface area contributed by atoms with Gasteiger partial charge in [-0.1, -0.05) is 23.3 Å². The van der Waals surface area contributed by atoms with Crippen molar-refractivity contribution in [3.8, 4) is 11.5 Å². The molecule has 0 heterocycles. The van der Waals surface area contributed by atoms with Crippen molar-refractivity contribution in [2.75, 3.05) is 25.5 Å². The van der Waals surface area contributed by atoms with Crippen LogP contribution in [0.2, 0.25) is 0 Å². The van der Waals surface area contributed by atoms with Gasteiger partial charge in [-0.05, 0) is 57.5 Å². The summed E-state index contributed by atoms with van der Waals surface area (Å²) in [5, 5.41) is 13.9. The van der Waals surface area contributed by atoms with Crippen molar-refractivity contribution >= 4 is 33.9 Å². The Bertz CT molecular complexity index is 962. The van der Waals surface area contributed by atoms with Crippen molar-refractivity contribution in [1.82, 2.24) is 0 Å². The fraction of sp³-hybridized carbons (Fsp3) is 0.391. The lowest BCUT2D eigenvalue weighted by atomic mass is 9.97. The molecule has 0 spiro atoms. The van der Waals surface area contributed by atoms with Gasteiger partial charge in [0.2, 0.25) is 0 Å². The number of anilines is 1. The Morgan fingerprint density at radius 2 is 1.83 bits per heavy atom. The second kappa shape index (κ2) is 11.0. The highest BCUT2D eigenvalue weighted by Gasteiger charge is 2.24. The lowest BCUT2D eigenvalue weighted by Gasteiger charge is -2.22. The highest BCUT2D eigenvalue weighted by atomic mass is 32.2. The molecule has 0 aliphatic carbocycles. The summed E-state index contributed by atoms with van der Waals surface area (Å²) in [6, 6.07) is 5.07. The summed E-state index contributed by atoms with van der Waals surface area (Å²) in [6.45, 7) is 8.31. The van der Waals surface area contributed by atoms with Crippen molar-refractivity contribution in [3.63, 3.8) is 0 Å². The molecule has 1 atom stereocenters. The number of rotatable bonds is 10. The zero-order valence-corrected chi connectivity index (χ0v) is 19.2. The van der Waals surface area contributed by atoms with Crippen LogP contribution in [0.25, 0.3) is 10.8 Å². The van der Waals surface area contributed by atoms with E-state index in [9.17, 15) is 10.1 Å². The topological polar surface area (TPSA) is 80.2 Å². The maximum absolute atomic E-state index is 11.6. The Morgan fingerprint density at radius 3 is 2.37 bits per heavy atom. The van der Waals surface area contributed by atoms with Gasteiger partial charge in [-0.25, -0.2) is 0 Å². The summed E-state index contributed by atoms with van der Waals surface area (Å²) in [7, 11) is 3.14. The van der Waals surface area contributed by atoms with Gasteiger partial charge in [0, 0.05) is 16.6 Å². The molecule has 0 amide bonds. The first-order valence-electron chi connectivity index (χ1n) is 9.71. The quantitative estimate of drug-likeness (QED) is 0.237. The van der Waals surface area contributed by atoms with Gasteiger partial charge in [-0.3, -0.25) is 10.7 Å². The van der Waals surface area contributed by atoms with Gasteiger partial charge in [0.05, 0.1) is 30.7 Å². The first-order valence-corrected chi connectivity index (χ1v) is 10.8. The molecule has 6 nitrogen and oxygen atoms in total. The molecule has 0 radical (unpaired) electrons. The lowest BCUT2D eigenvalue weighted by molar-refractivity contribution is 0.388. The van der Waals surface area contributed by atoms with E-state index in [1.54, 1.807) is 38.1 Å². The van der Waals surface area contributed by atoms with E-state index in [1.165, 1.54) is 11.1 Å². The molecule has 2 rings (SSSR count). The summed E-state index contributed by atoms with van der Waals surface area (Å²) in [6.07, 6.45) is 5.19. The zero-order valence-electron chi connectivity index (χ0n) is 18.4. The number of ether oxygens (including phenoxy) is 2. The Balaban J connectivity index is 2.79. The molecule has 0 saturated heterocycles. The largest absolute Gasteiger partial charge is 0.496 e. The molecule has 2 aromatic carbocycles. The molecule has 30 heavy (non-hydrogen) atoms. The molecular weight excluding hydrogens is 400 g/mol. The second-order valence-corrected chi connectivity index (χ2v) is 8.64. The highest BCUT2D eigenvalue weighted by Crippen LogP contribution is 2.50. The second-order valence-electron chi connectivity index (χ2n) is 7.41. The fourth-order valence-electron chi connectivity index (χ4n) is 3.25. The van der Waals surface area contributed by atoms with Crippen LogP contribution in [0.3, 0.4) is 0 Å². The van der Waals surface area contributed by atoms with E-state index >= 15 is 0 Å². The Hall–Kier alpha value is -2.51. The van der Waals surface area contributed by atoms with E-state index in [0.717, 1.165) is 17.7 Å². The zero-order chi connectivity index (χ0) is 22.3. The van der Waals surface area contributed by atoms with Crippen molar-refractivity contribution < 1.29 is 14.7 Å². The van der Waals surface area contributed by atoms with Crippen LogP contribution >= 0.6 is 11.8 Å². The Kier molecular flexibility index (Phi) is 8.74. The monoisotopic (exact) mass is 430 g/mol. The van der Waals surface area contributed by atoms with Crippen LogP contribution in [0, 0.1) is 4.91 Å². The molecule has 0 fully saturated rings. The third kappa shape index (κ3) is 5.34. The van der Waals surface area contributed by atoms with Crippen LogP contribution in [-0.4, -0.2) is 25.2 Å². The molecule has 0 aromatic heterocycles. The van der Waals surface area contributed by atoms with E-state index < -0.39 is 0 Å². The van der Waals surface area contributed by atoms with Crippen LogP contribution < -0.4 is 15.0 Å². The number of fused-ring (bicyclic) bond motifs is 1. The minimum absolute atomic E-state index is 0.0778. The minimum atomic E-state index is 0.0778. The van der Waals surface area contributed by atoms with Gasteiger partial charge in [0.1, 0.15) is 17.2 Å². The van der Waals surface area contributed by atoms with Crippen LogP contribution in [0.4, 0.5) is 11.4 Å². The van der Waals surface area contributed by atoms with Gasteiger partial charge in [0.15, 0.2) is 0 Å². The molecule has 2 N–H and O–H groups in total. The van der Waals surface area contributed by atoms with E-state index in [2.05, 4.69) is 50.5 Å². The summed E-state index contributed by atoms with van der Waals surface area (Å²) in [5.74, 6) is 1.95. The molecule has 0 saturated carbocycles. The third-order valence-corrected chi connectivity index (χ3v) is 5.93. The third-order valence-electron chi connectivity index (χ3n) is 4.72. The van der Waals surface area contributed by atoms with Crippen LogP contribution in [0.5, 0.6) is 11.5 Å². The number of hydrogen-bond acceptors (Lipinski definition) is 7. The van der Waals surface area contributed by atoms with Gasteiger partial charge in [-0.15, -0.1) is 16.7 Å². The first kappa shape index (κ1) is 23.8. The maximum atomic E-state index is 11.6. The molecule has 0 bridgehead atoms.